The van der Waals surface area contributed by atoms with Crippen LogP contribution in [0, 0.1) is 0 Å². The number of nitrogens with two attached hydrogens (primary N) is 1. The first-order valence-electron chi connectivity index (χ1n) is 9.75. The highest BCUT2D eigenvalue weighted by Crippen LogP contribution is 2.33. The van der Waals surface area contributed by atoms with Gasteiger partial charge in [0.25, 0.3) is 5.91 Å². The Morgan fingerprint density at radius 2 is 1.94 bits per heavy atom. The van der Waals surface area contributed by atoms with Crippen LogP contribution in [0.25, 0.3) is 11.3 Å². The van der Waals surface area contributed by atoms with Crippen molar-refractivity contribution in [1.82, 2.24) is 15.3 Å². The Morgan fingerprint density at radius 1 is 1.21 bits per heavy atom. The molecule has 2 aromatic rings. The van der Waals surface area contributed by atoms with E-state index in [9.17, 15) is 31.1 Å². The maximum Gasteiger partial charge on any atom is 0.433 e. The van der Waals surface area contributed by atoms with Crippen LogP contribution in [0.3, 0.4) is 0 Å². The number of carbonyl (C=O) groups excluding carboxylic acids is 1. The van der Waals surface area contributed by atoms with Gasteiger partial charge in [-0.25, -0.2) is 0 Å². The molecule has 3 rings (SSSR count). The predicted molar refractivity (Wildman–Crippen MR) is 108 cm³/mol. The van der Waals surface area contributed by atoms with Crippen molar-refractivity contribution in [1.29, 1.82) is 0 Å². The Morgan fingerprint density at radius 3 is 2.58 bits per heavy atom. The molecule has 2 aromatic heterocycles. The van der Waals surface area contributed by atoms with E-state index in [1.54, 1.807) is 6.07 Å². The molecular weight excluding hydrogens is 452 g/mol. The number of aryl methyl sites for hydroxylation is 1. The molecule has 12 heteroatoms. The maximum absolute atomic E-state index is 13.0. The standard InChI is InChI=1S/C21H19F6N5O/c1-29-16(10-17(28)20(22,23)24)19(33)32-15-4-2-3-14-12(15)5-6-13(31-14)11-7-8-30-18(9-11)21(25,26)27/h5-10,15H,2-4,28H2,1H3,(H,32,33)/b17-10-,29-16?. The van der Waals surface area contributed by atoms with Gasteiger partial charge in [0.05, 0.1) is 11.7 Å². The first-order chi connectivity index (χ1) is 15.4. The second-order valence-electron chi connectivity index (χ2n) is 7.28. The molecule has 3 N–H and O–H groups in total. The number of allylic oxidation sites excluding steroid dienone is 1. The number of carbonyl (C=O) groups is 1. The van der Waals surface area contributed by atoms with E-state index in [1.165, 1.54) is 19.2 Å². The van der Waals surface area contributed by atoms with Crippen molar-refractivity contribution in [3.05, 3.63) is 59.2 Å². The van der Waals surface area contributed by atoms with E-state index >= 15 is 0 Å². The summed E-state index contributed by atoms with van der Waals surface area (Å²) in [6.45, 7) is 0. The largest absolute Gasteiger partial charge is 0.433 e. The summed E-state index contributed by atoms with van der Waals surface area (Å²) in [5, 5.41) is 2.64. The van der Waals surface area contributed by atoms with Gasteiger partial charge in [-0.1, -0.05) is 6.07 Å². The third-order valence-electron chi connectivity index (χ3n) is 5.04. The molecule has 0 saturated heterocycles. The number of fused-ring (bicyclic) bond motifs is 1. The van der Waals surface area contributed by atoms with Gasteiger partial charge in [-0.15, -0.1) is 0 Å². The van der Waals surface area contributed by atoms with Gasteiger partial charge in [-0.05, 0) is 49.1 Å². The number of nitrogens with one attached hydrogen (secondary N) is 1. The van der Waals surface area contributed by atoms with Crippen molar-refractivity contribution in [3.63, 3.8) is 0 Å². The van der Waals surface area contributed by atoms with Gasteiger partial charge >= 0.3 is 12.4 Å². The smallest absolute Gasteiger partial charge is 0.395 e. The van der Waals surface area contributed by atoms with E-state index < -0.39 is 41.4 Å². The lowest BCUT2D eigenvalue weighted by molar-refractivity contribution is -0.141. The lowest BCUT2D eigenvalue weighted by atomic mass is 9.90. The Labute approximate surface area is 184 Å². The molecule has 1 aliphatic carbocycles. The zero-order valence-corrected chi connectivity index (χ0v) is 17.3. The number of nitrogens with zero attached hydrogens (tertiary/aromatic N) is 3. The van der Waals surface area contributed by atoms with E-state index in [4.69, 9.17) is 5.73 Å². The van der Waals surface area contributed by atoms with Crippen LogP contribution in [-0.2, 0) is 17.4 Å². The van der Waals surface area contributed by atoms with Crippen molar-refractivity contribution in [2.24, 2.45) is 10.7 Å². The number of aliphatic imine (C=N–C) groups is 1. The SMILES string of the molecule is CN=C(/C=C(\N)C(F)(F)F)C(=O)NC1CCCc2nc(-c3ccnc(C(F)(F)F)c3)ccc21. The van der Waals surface area contributed by atoms with Gasteiger partial charge in [0.2, 0.25) is 0 Å². The predicted octanol–water partition coefficient (Wildman–Crippen LogP) is 4.13. The van der Waals surface area contributed by atoms with Gasteiger partial charge in [0, 0.05) is 24.5 Å². The lowest BCUT2D eigenvalue weighted by Gasteiger charge is -2.26. The molecule has 0 fully saturated rings. The minimum atomic E-state index is -4.80. The molecule has 2 heterocycles. The zero-order chi connectivity index (χ0) is 24.4. The van der Waals surface area contributed by atoms with E-state index in [-0.39, 0.29) is 5.56 Å². The molecule has 0 bridgehead atoms. The first-order valence-corrected chi connectivity index (χ1v) is 9.75. The monoisotopic (exact) mass is 471 g/mol. The van der Waals surface area contributed by atoms with Gasteiger partial charge in [-0.3, -0.25) is 19.8 Å². The van der Waals surface area contributed by atoms with Crippen molar-refractivity contribution >= 4 is 11.6 Å². The molecule has 0 aromatic carbocycles. The number of pyridine rings is 2. The van der Waals surface area contributed by atoms with Crippen LogP contribution >= 0.6 is 0 Å². The highest BCUT2D eigenvalue weighted by atomic mass is 19.4. The molecule has 1 aliphatic rings. The molecular formula is C21H19F6N5O. The van der Waals surface area contributed by atoms with E-state index in [1.807, 2.05) is 0 Å². The molecule has 0 aliphatic heterocycles. The average Bonchev–Trinajstić information content (AvgIpc) is 2.75. The quantitative estimate of drug-likeness (QED) is 0.518. The Hall–Kier alpha value is -3.44. The van der Waals surface area contributed by atoms with Crippen LogP contribution in [0.2, 0.25) is 0 Å². The first kappa shape index (κ1) is 24.2. The van der Waals surface area contributed by atoms with Crippen molar-refractivity contribution in [3.8, 4) is 11.3 Å². The number of halogens is 6. The summed E-state index contributed by atoms with van der Waals surface area (Å²) in [4.78, 5) is 23.9. The molecule has 176 valence electrons. The van der Waals surface area contributed by atoms with Crippen LogP contribution in [-0.4, -0.2) is 34.8 Å². The Kier molecular flexibility index (Phi) is 6.75. The Balaban J connectivity index is 1.84. The highest BCUT2D eigenvalue weighted by Gasteiger charge is 2.34. The normalized spacial score (nSPS) is 17.5. The summed E-state index contributed by atoms with van der Waals surface area (Å²) in [6.07, 6.45) is -6.24. The number of amides is 1. The summed E-state index contributed by atoms with van der Waals surface area (Å²) in [5.41, 5.74) is 3.75. The second kappa shape index (κ2) is 9.20. The fraction of sp³-hybridized carbons (Fsp3) is 0.333. The van der Waals surface area contributed by atoms with E-state index in [0.29, 0.717) is 42.3 Å². The summed E-state index contributed by atoms with van der Waals surface area (Å²) in [5.74, 6) is -0.837. The number of alkyl halides is 6. The van der Waals surface area contributed by atoms with Crippen LogP contribution in [0.1, 0.15) is 35.8 Å². The van der Waals surface area contributed by atoms with Crippen molar-refractivity contribution in [2.75, 3.05) is 7.05 Å². The molecule has 0 spiro atoms. The maximum atomic E-state index is 13.0. The minimum absolute atomic E-state index is 0.236. The van der Waals surface area contributed by atoms with Crippen LogP contribution in [0.15, 0.2) is 47.2 Å². The molecule has 1 unspecified atom stereocenters. The van der Waals surface area contributed by atoms with Gasteiger partial charge < -0.3 is 11.1 Å². The molecule has 0 radical (unpaired) electrons. The lowest BCUT2D eigenvalue weighted by Crippen LogP contribution is -2.36. The van der Waals surface area contributed by atoms with Crippen LogP contribution in [0.5, 0.6) is 0 Å². The second-order valence-corrected chi connectivity index (χ2v) is 7.28. The zero-order valence-electron chi connectivity index (χ0n) is 17.3. The van der Waals surface area contributed by atoms with Gasteiger partial charge in [0.15, 0.2) is 0 Å². The molecule has 1 atom stereocenters. The molecule has 6 nitrogen and oxygen atoms in total. The summed E-state index contributed by atoms with van der Waals surface area (Å²) in [6, 6.07) is 4.92. The van der Waals surface area contributed by atoms with Gasteiger partial charge in [0.1, 0.15) is 17.1 Å². The van der Waals surface area contributed by atoms with Crippen LogP contribution in [0.4, 0.5) is 26.3 Å². The Bertz CT molecular complexity index is 1110. The number of hydrogen-bond donors (Lipinski definition) is 2. The van der Waals surface area contributed by atoms with Crippen molar-refractivity contribution in [2.45, 2.75) is 37.7 Å². The fourth-order valence-electron chi connectivity index (χ4n) is 3.41. The third-order valence-corrected chi connectivity index (χ3v) is 5.04. The number of hydrogen-bond acceptors (Lipinski definition) is 5. The molecule has 0 saturated carbocycles. The van der Waals surface area contributed by atoms with E-state index in [2.05, 4.69) is 20.3 Å². The minimum Gasteiger partial charge on any atom is -0.395 e. The molecule has 33 heavy (non-hydrogen) atoms. The number of aromatic nitrogens is 2. The van der Waals surface area contributed by atoms with Crippen LogP contribution < -0.4 is 11.1 Å². The summed E-state index contributed by atoms with van der Waals surface area (Å²) < 4.78 is 76.9. The average molecular weight is 471 g/mol. The number of rotatable bonds is 4. The summed E-state index contributed by atoms with van der Waals surface area (Å²) in [7, 11) is 1.17. The summed E-state index contributed by atoms with van der Waals surface area (Å²) >= 11 is 0. The van der Waals surface area contributed by atoms with Crippen molar-refractivity contribution < 1.29 is 31.1 Å². The van der Waals surface area contributed by atoms with Gasteiger partial charge in [-0.2, -0.15) is 26.3 Å². The fourth-order valence-corrected chi connectivity index (χ4v) is 3.41. The molecule has 1 amide bonds. The van der Waals surface area contributed by atoms with E-state index in [0.717, 1.165) is 12.3 Å². The third kappa shape index (κ3) is 5.68. The highest BCUT2D eigenvalue weighted by molar-refractivity contribution is 6.43. The topological polar surface area (TPSA) is 93.3 Å².